The predicted molar refractivity (Wildman–Crippen MR) is 112 cm³/mol. The normalized spacial score (nSPS) is 16.1. The Morgan fingerprint density at radius 1 is 0.808 bits per heavy atom. The smallest absolute Gasteiger partial charge is 0.119 e. The lowest BCUT2D eigenvalue weighted by molar-refractivity contribution is 0.153. The molecule has 1 aliphatic rings. The number of rotatable bonds is 13. The second kappa shape index (κ2) is 13.2. The summed E-state index contributed by atoms with van der Waals surface area (Å²) in [5.41, 5.74) is 1.43. The van der Waals surface area contributed by atoms with E-state index in [4.69, 9.17) is 4.74 Å². The van der Waals surface area contributed by atoms with E-state index in [1.807, 2.05) is 0 Å². The van der Waals surface area contributed by atoms with Crippen molar-refractivity contribution in [1.29, 1.82) is 0 Å². The van der Waals surface area contributed by atoms with Gasteiger partial charge in [-0.2, -0.15) is 0 Å². The Kier molecular flexibility index (Phi) is 10.8. The van der Waals surface area contributed by atoms with Gasteiger partial charge in [-0.3, -0.25) is 0 Å². The van der Waals surface area contributed by atoms with Crippen LogP contribution < -0.4 is 4.74 Å². The molecule has 0 aliphatic carbocycles. The van der Waals surface area contributed by atoms with Gasteiger partial charge in [-0.15, -0.1) is 0 Å². The maximum absolute atomic E-state index is 5.89. The first-order chi connectivity index (χ1) is 12.8. The van der Waals surface area contributed by atoms with Crippen LogP contribution in [0, 0.1) is 0 Å². The molecular formula is C23H40N2O. The van der Waals surface area contributed by atoms with Gasteiger partial charge < -0.3 is 14.5 Å². The summed E-state index contributed by atoms with van der Waals surface area (Å²) in [5, 5.41) is 0. The van der Waals surface area contributed by atoms with Gasteiger partial charge in [0.15, 0.2) is 0 Å². The van der Waals surface area contributed by atoms with Crippen molar-refractivity contribution in [3.05, 3.63) is 29.8 Å². The van der Waals surface area contributed by atoms with Gasteiger partial charge in [0.2, 0.25) is 0 Å². The summed E-state index contributed by atoms with van der Waals surface area (Å²) in [6.45, 7) is 9.23. The summed E-state index contributed by atoms with van der Waals surface area (Å²) in [4.78, 5) is 5.02. The molecule has 148 valence electrons. The Labute approximate surface area is 161 Å². The Hall–Kier alpha value is -1.06. The molecule has 0 N–H and O–H groups in total. The number of nitrogens with zero attached hydrogens (tertiary/aromatic N) is 2. The van der Waals surface area contributed by atoms with Crippen LogP contribution in [0.4, 0.5) is 0 Å². The standard InChI is InChI=1S/C23H40N2O/c1-3-4-5-6-7-8-9-21-26-23-14-12-22(13-15-23)11-10-16-25-19-17-24(2)18-20-25/h12-15H,3-11,16-21H2,1-2H3. The molecule has 0 unspecified atom stereocenters. The van der Waals surface area contributed by atoms with Crippen LogP contribution in [0.3, 0.4) is 0 Å². The van der Waals surface area contributed by atoms with E-state index in [1.165, 1.54) is 96.1 Å². The quantitative estimate of drug-likeness (QED) is 0.461. The molecule has 0 aromatic heterocycles. The maximum atomic E-state index is 5.89. The Balaban J connectivity index is 1.51. The number of hydrogen-bond acceptors (Lipinski definition) is 3. The molecule has 3 nitrogen and oxygen atoms in total. The lowest BCUT2D eigenvalue weighted by Gasteiger charge is -2.32. The third-order valence-corrected chi connectivity index (χ3v) is 5.48. The first-order valence-electron chi connectivity index (χ1n) is 10.9. The van der Waals surface area contributed by atoms with Crippen LogP contribution in [0.15, 0.2) is 24.3 Å². The van der Waals surface area contributed by atoms with Gasteiger partial charge in [-0.1, -0.05) is 57.6 Å². The van der Waals surface area contributed by atoms with E-state index in [2.05, 4.69) is 48.0 Å². The van der Waals surface area contributed by atoms with Crippen molar-refractivity contribution in [2.75, 3.05) is 46.4 Å². The fourth-order valence-corrected chi connectivity index (χ4v) is 3.58. The van der Waals surface area contributed by atoms with E-state index in [1.54, 1.807) is 0 Å². The largest absolute Gasteiger partial charge is 0.494 e. The SMILES string of the molecule is CCCCCCCCCOc1ccc(CCCN2CCN(C)CC2)cc1. The molecule has 1 aliphatic heterocycles. The Morgan fingerprint density at radius 3 is 2.15 bits per heavy atom. The number of hydrogen-bond donors (Lipinski definition) is 0. The first-order valence-corrected chi connectivity index (χ1v) is 10.9. The van der Waals surface area contributed by atoms with Crippen molar-refractivity contribution in [3.8, 4) is 5.75 Å². The van der Waals surface area contributed by atoms with Crippen LogP contribution in [-0.4, -0.2) is 56.2 Å². The number of unbranched alkanes of at least 4 members (excludes halogenated alkanes) is 6. The molecule has 0 saturated carbocycles. The minimum absolute atomic E-state index is 0.858. The van der Waals surface area contributed by atoms with Crippen LogP contribution in [0.5, 0.6) is 5.75 Å². The highest BCUT2D eigenvalue weighted by molar-refractivity contribution is 5.27. The van der Waals surface area contributed by atoms with Crippen LogP contribution in [0.25, 0.3) is 0 Å². The number of benzene rings is 1. The zero-order valence-electron chi connectivity index (χ0n) is 17.2. The summed E-state index contributed by atoms with van der Waals surface area (Å²) in [6.07, 6.45) is 11.8. The zero-order valence-corrected chi connectivity index (χ0v) is 17.2. The monoisotopic (exact) mass is 360 g/mol. The highest BCUT2D eigenvalue weighted by atomic mass is 16.5. The van der Waals surface area contributed by atoms with Crippen molar-refractivity contribution in [2.24, 2.45) is 0 Å². The van der Waals surface area contributed by atoms with Gasteiger partial charge in [0.25, 0.3) is 0 Å². The zero-order chi connectivity index (χ0) is 18.5. The third kappa shape index (κ3) is 9.05. The highest BCUT2D eigenvalue weighted by Crippen LogP contribution is 2.15. The molecule has 1 aromatic rings. The van der Waals surface area contributed by atoms with Gasteiger partial charge in [0.1, 0.15) is 5.75 Å². The summed E-state index contributed by atoms with van der Waals surface area (Å²) in [7, 11) is 2.22. The summed E-state index contributed by atoms with van der Waals surface area (Å²) in [5.74, 6) is 1.03. The van der Waals surface area contributed by atoms with Crippen LogP contribution in [0.2, 0.25) is 0 Å². The average molecular weight is 361 g/mol. The topological polar surface area (TPSA) is 15.7 Å². The van der Waals surface area contributed by atoms with Gasteiger partial charge >= 0.3 is 0 Å². The van der Waals surface area contributed by atoms with E-state index < -0.39 is 0 Å². The van der Waals surface area contributed by atoms with Crippen LogP contribution in [0.1, 0.15) is 63.9 Å². The van der Waals surface area contributed by atoms with Crippen molar-refractivity contribution >= 4 is 0 Å². The molecule has 1 saturated heterocycles. The highest BCUT2D eigenvalue weighted by Gasteiger charge is 2.12. The minimum Gasteiger partial charge on any atom is -0.494 e. The molecule has 0 amide bonds. The fourth-order valence-electron chi connectivity index (χ4n) is 3.58. The second-order valence-corrected chi connectivity index (χ2v) is 7.86. The molecule has 26 heavy (non-hydrogen) atoms. The molecule has 0 spiro atoms. The van der Waals surface area contributed by atoms with Crippen molar-refractivity contribution in [3.63, 3.8) is 0 Å². The molecule has 1 heterocycles. The van der Waals surface area contributed by atoms with Crippen molar-refractivity contribution in [2.45, 2.75) is 64.7 Å². The number of piperazine rings is 1. The molecule has 3 heteroatoms. The molecule has 1 aromatic carbocycles. The Morgan fingerprint density at radius 2 is 1.46 bits per heavy atom. The van der Waals surface area contributed by atoms with E-state index in [9.17, 15) is 0 Å². The average Bonchev–Trinajstić information content (AvgIpc) is 2.67. The van der Waals surface area contributed by atoms with Crippen LogP contribution in [-0.2, 0) is 6.42 Å². The lowest BCUT2D eigenvalue weighted by Crippen LogP contribution is -2.44. The number of ether oxygens (including phenoxy) is 1. The summed E-state index contributed by atoms with van der Waals surface area (Å²) >= 11 is 0. The maximum Gasteiger partial charge on any atom is 0.119 e. The molecule has 0 atom stereocenters. The molecule has 1 fully saturated rings. The van der Waals surface area contributed by atoms with Crippen LogP contribution >= 0.6 is 0 Å². The molecule has 0 bridgehead atoms. The van der Waals surface area contributed by atoms with Gasteiger partial charge in [0, 0.05) is 26.2 Å². The van der Waals surface area contributed by atoms with Crippen molar-refractivity contribution in [1.82, 2.24) is 9.80 Å². The molecule has 0 radical (unpaired) electrons. The van der Waals surface area contributed by atoms with Gasteiger partial charge in [0.05, 0.1) is 6.61 Å². The first kappa shape index (κ1) is 21.2. The molecule has 2 rings (SSSR count). The fraction of sp³-hybridized carbons (Fsp3) is 0.739. The lowest BCUT2D eigenvalue weighted by atomic mass is 10.1. The van der Waals surface area contributed by atoms with Gasteiger partial charge in [-0.05, 0) is 50.6 Å². The summed E-state index contributed by atoms with van der Waals surface area (Å²) < 4.78 is 5.89. The predicted octanol–water partition coefficient (Wildman–Crippen LogP) is 5.00. The number of aryl methyl sites for hydroxylation is 1. The van der Waals surface area contributed by atoms with E-state index in [0.717, 1.165) is 12.4 Å². The van der Waals surface area contributed by atoms with E-state index >= 15 is 0 Å². The van der Waals surface area contributed by atoms with E-state index in [0.29, 0.717) is 0 Å². The van der Waals surface area contributed by atoms with E-state index in [-0.39, 0.29) is 0 Å². The number of likely N-dealkylation sites (N-methyl/N-ethyl adjacent to an activating group) is 1. The third-order valence-electron chi connectivity index (χ3n) is 5.48. The molecular weight excluding hydrogens is 320 g/mol. The Bertz CT molecular complexity index is 452. The summed E-state index contributed by atoms with van der Waals surface area (Å²) in [6, 6.07) is 8.77. The minimum atomic E-state index is 0.858. The van der Waals surface area contributed by atoms with Crippen molar-refractivity contribution < 1.29 is 4.74 Å². The second-order valence-electron chi connectivity index (χ2n) is 7.86. The van der Waals surface area contributed by atoms with Gasteiger partial charge in [-0.25, -0.2) is 0 Å².